The predicted octanol–water partition coefficient (Wildman–Crippen LogP) is 4.87. The van der Waals surface area contributed by atoms with Gasteiger partial charge in [-0.05, 0) is 51.2 Å². The molecule has 7 nitrogen and oxygen atoms in total. The van der Waals surface area contributed by atoms with E-state index in [1.54, 1.807) is 17.4 Å². The molecule has 1 aliphatic carbocycles. The molecule has 0 amide bonds. The predicted molar refractivity (Wildman–Crippen MR) is 131 cm³/mol. The molecular formula is C22H21N5O2S3. The Morgan fingerprint density at radius 1 is 1.19 bits per heavy atom. The van der Waals surface area contributed by atoms with Crippen molar-refractivity contribution >= 4 is 64.7 Å². The second kappa shape index (κ2) is 8.39. The molecule has 32 heavy (non-hydrogen) atoms. The van der Waals surface area contributed by atoms with Crippen molar-refractivity contribution in [3.05, 3.63) is 37.6 Å². The summed E-state index contributed by atoms with van der Waals surface area (Å²) in [5.41, 5.74) is 0.833. The van der Waals surface area contributed by atoms with Crippen molar-refractivity contribution in [2.75, 3.05) is 18.0 Å². The molecule has 164 valence electrons. The van der Waals surface area contributed by atoms with Gasteiger partial charge < -0.3 is 9.88 Å². The van der Waals surface area contributed by atoms with Crippen molar-refractivity contribution in [3.8, 4) is 6.07 Å². The van der Waals surface area contributed by atoms with E-state index in [0.717, 1.165) is 59.0 Å². The third kappa shape index (κ3) is 3.45. The van der Waals surface area contributed by atoms with Crippen molar-refractivity contribution in [1.82, 2.24) is 15.0 Å². The number of Topliss-reactive ketones (excluding diaryl/α,β-unsaturated/α-hetero) is 1. The van der Waals surface area contributed by atoms with Crippen LogP contribution >= 0.6 is 34.0 Å². The summed E-state index contributed by atoms with van der Waals surface area (Å²) < 4.78 is 0.930. The van der Waals surface area contributed by atoms with Gasteiger partial charge >= 0.3 is 0 Å². The minimum absolute atomic E-state index is 0.127. The number of rotatable bonds is 6. The fourth-order valence-electron chi connectivity index (χ4n) is 4.18. The standard InChI is InChI=1S/C22H21N5O2S3/c1-3-27(4-2)22-26-20-15(32-22)9-14(31-20)17(28)12(10-23)18-24-19(29)16-11-7-5-6-8-13(11)30-21(16)25-18/h9,12H,3-8H2,1-2H3,(H,24,25,29)/t12-/m0/s1. The van der Waals surface area contributed by atoms with Crippen LogP contribution in [0.5, 0.6) is 0 Å². The van der Waals surface area contributed by atoms with Crippen LogP contribution in [0.3, 0.4) is 0 Å². The van der Waals surface area contributed by atoms with Gasteiger partial charge in [0.05, 0.1) is 21.0 Å². The Hall–Kier alpha value is -2.61. The van der Waals surface area contributed by atoms with E-state index < -0.39 is 5.92 Å². The third-order valence-electron chi connectivity index (χ3n) is 5.86. The highest BCUT2D eigenvalue weighted by Gasteiger charge is 2.29. The van der Waals surface area contributed by atoms with Crippen LogP contribution in [0.4, 0.5) is 5.13 Å². The topological polar surface area (TPSA) is 103 Å². The summed E-state index contributed by atoms with van der Waals surface area (Å²) in [5.74, 6) is -1.38. The first-order chi connectivity index (χ1) is 15.5. The average molecular weight is 484 g/mol. The number of anilines is 1. The van der Waals surface area contributed by atoms with Crippen LogP contribution in [0.1, 0.15) is 58.5 Å². The van der Waals surface area contributed by atoms with Gasteiger partial charge in [-0.3, -0.25) is 9.59 Å². The number of thiazole rings is 1. The summed E-state index contributed by atoms with van der Waals surface area (Å²) in [4.78, 5) is 43.3. The highest BCUT2D eigenvalue weighted by Crippen LogP contribution is 2.37. The number of nitriles is 1. The molecule has 1 atom stereocenters. The Labute approximate surface area is 196 Å². The zero-order valence-corrected chi connectivity index (χ0v) is 20.2. The number of nitrogens with one attached hydrogen (secondary N) is 1. The number of carbonyl (C=O) groups excluding carboxylic acids is 1. The highest BCUT2D eigenvalue weighted by molar-refractivity contribution is 7.29. The Bertz CT molecular complexity index is 1400. The fraction of sp³-hybridized carbons (Fsp3) is 0.409. The number of carbonyl (C=O) groups is 1. The van der Waals surface area contributed by atoms with E-state index in [2.05, 4.69) is 39.8 Å². The molecule has 0 saturated carbocycles. The largest absolute Gasteiger partial charge is 0.349 e. The number of hydrogen-bond donors (Lipinski definition) is 1. The molecule has 0 unspecified atom stereocenters. The molecule has 0 saturated heterocycles. The zero-order valence-electron chi connectivity index (χ0n) is 17.7. The summed E-state index contributed by atoms with van der Waals surface area (Å²) in [6.45, 7) is 5.90. The molecule has 1 N–H and O–H groups in total. The highest BCUT2D eigenvalue weighted by atomic mass is 32.1. The lowest BCUT2D eigenvalue weighted by atomic mass is 9.97. The normalized spacial score (nSPS) is 14.4. The van der Waals surface area contributed by atoms with Crippen LogP contribution in [-0.2, 0) is 12.8 Å². The molecule has 0 radical (unpaired) electrons. The average Bonchev–Trinajstić information content (AvgIpc) is 3.46. The van der Waals surface area contributed by atoms with Gasteiger partial charge in [0.25, 0.3) is 5.56 Å². The van der Waals surface area contributed by atoms with Crippen LogP contribution in [0.25, 0.3) is 19.7 Å². The lowest BCUT2D eigenvalue weighted by Gasteiger charge is -2.16. The smallest absolute Gasteiger partial charge is 0.259 e. The summed E-state index contributed by atoms with van der Waals surface area (Å²) >= 11 is 4.35. The molecule has 0 bridgehead atoms. The number of thiophene rings is 2. The van der Waals surface area contributed by atoms with Crippen molar-refractivity contribution < 1.29 is 4.79 Å². The monoisotopic (exact) mass is 483 g/mol. The van der Waals surface area contributed by atoms with Gasteiger partial charge in [0, 0.05) is 18.0 Å². The Morgan fingerprint density at radius 3 is 2.69 bits per heavy atom. The van der Waals surface area contributed by atoms with E-state index >= 15 is 0 Å². The van der Waals surface area contributed by atoms with Crippen molar-refractivity contribution in [3.63, 3.8) is 0 Å². The lowest BCUT2D eigenvalue weighted by Crippen LogP contribution is -2.21. The number of nitrogens with zero attached hydrogens (tertiary/aromatic N) is 4. The summed E-state index contributed by atoms with van der Waals surface area (Å²) in [5, 5.41) is 11.4. The third-order valence-corrected chi connectivity index (χ3v) is 9.28. The van der Waals surface area contributed by atoms with Gasteiger partial charge in [0.2, 0.25) is 0 Å². The SMILES string of the molecule is CCN(CC)c1nc2sc(C(=O)[C@H](C#N)c3nc4sc5c(c4c(=O)[nH]3)CCCC5)cc2s1. The molecule has 0 spiro atoms. The summed E-state index contributed by atoms with van der Waals surface area (Å²) in [6.07, 6.45) is 4.02. The summed E-state index contributed by atoms with van der Waals surface area (Å²) in [6, 6.07) is 3.86. The zero-order chi connectivity index (χ0) is 22.4. The number of H-pyrrole nitrogens is 1. The minimum Gasteiger partial charge on any atom is -0.349 e. The number of fused-ring (bicyclic) bond motifs is 4. The number of hydrogen-bond acceptors (Lipinski definition) is 9. The first-order valence-corrected chi connectivity index (χ1v) is 13.1. The van der Waals surface area contributed by atoms with Crippen LogP contribution in [0.2, 0.25) is 0 Å². The number of ketones is 1. The van der Waals surface area contributed by atoms with E-state index in [0.29, 0.717) is 15.1 Å². The van der Waals surface area contributed by atoms with Gasteiger partial charge in [0.1, 0.15) is 15.5 Å². The van der Waals surface area contributed by atoms with Crippen LogP contribution in [0.15, 0.2) is 10.9 Å². The first kappa shape index (κ1) is 21.2. The maximum absolute atomic E-state index is 13.2. The van der Waals surface area contributed by atoms with Crippen LogP contribution in [0, 0.1) is 11.3 Å². The van der Waals surface area contributed by atoms with Gasteiger partial charge in [-0.2, -0.15) is 5.26 Å². The molecule has 1 aliphatic rings. The molecule has 4 aromatic rings. The van der Waals surface area contributed by atoms with E-state index in [1.165, 1.54) is 27.6 Å². The molecule has 10 heteroatoms. The van der Waals surface area contributed by atoms with Crippen molar-refractivity contribution in [2.24, 2.45) is 0 Å². The fourth-order valence-corrected chi connectivity index (χ4v) is 7.76. The van der Waals surface area contributed by atoms with Crippen LogP contribution in [-0.4, -0.2) is 33.8 Å². The molecule has 0 aliphatic heterocycles. The van der Waals surface area contributed by atoms with E-state index in [1.807, 2.05) is 0 Å². The Balaban J connectivity index is 1.50. The Morgan fingerprint density at radius 2 is 1.97 bits per heavy atom. The second-order valence-electron chi connectivity index (χ2n) is 7.72. The van der Waals surface area contributed by atoms with Crippen molar-refractivity contribution in [1.29, 1.82) is 5.26 Å². The van der Waals surface area contributed by atoms with E-state index in [-0.39, 0.29) is 17.2 Å². The number of aryl methyl sites for hydroxylation is 2. The first-order valence-electron chi connectivity index (χ1n) is 10.7. The maximum Gasteiger partial charge on any atom is 0.259 e. The second-order valence-corrected chi connectivity index (χ2v) is 10.8. The number of aromatic nitrogens is 3. The van der Waals surface area contributed by atoms with Gasteiger partial charge in [-0.15, -0.1) is 22.7 Å². The number of aromatic amines is 1. The van der Waals surface area contributed by atoms with Crippen molar-refractivity contribution in [2.45, 2.75) is 45.4 Å². The van der Waals surface area contributed by atoms with E-state index in [4.69, 9.17) is 0 Å². The molecule has 5 rings (SSSR count). The molecule has 4 heterocycles. The van der Waals surface area contributed by atoms with Gasteiger partial charge in [-0.25, -0.2) is 9.97 Å². The molecule has 4 aromatic heterocycles. The summed E-state index contributed by atoms with van der Waals surface area (Å²) in [7, 11) is 0. The van der Waals surface area contributed by atoms with E-state index in [9.17, 15) is 14.9 Å². The van der Waals surface area contributed by atoms with Crippen LogP contribution < -0.4 is 10.5 Å². The molecule has 0 aromatic carbocycles. The quantitative estimate of drug-likeness (QED) is 0.393. The Kier molecular flexibility index (Phi) is 5.57. The maximum atomic E-state index is 13.2. The van der Waals surface area contributed by atoms with Gasteiger partial charge in [-0.1, -0.05) is 11.3 Å². The van der Waals surface area contributed by atoms with Gasteiger partial charge in [0.15, 0.2) is 16.8 Å². The minimum atomic E-state index is -1.15. The lowest BCUT2D eigenvalue weighted by molar-refractivity contribution is 0.0980. The molecular weight excluding hydrogens is 462 g/mol. The molecule has 0 fully saturated rings.